The molecule has 1 aromatic rings. The third-order valence-electron chi connectivity index (χ3n) is 2.84. The number of carbonyl (C=O) groups excluding carboxylic acids is 1. The Kier molecular flexibility index (Phi) is 2.61. The Balaban J connectivity index is 2.07. The second-order valence-corrected chi connectivity index (χ2v) is 3.97. The van der Waals surface area contributed by atoms with Gasteiger partial charge < -0.3 is 0 Å². The van der Waals surface area contributed by atoms with Crippen molar-refractivity contribution >= 4 is 5.78 Å². The van der Waals surface area contributed by atoms with Crippen molar-refractivity contribution in [3.8, 4) is 0 Å². The van der Waals surface area contributed by atoms with Crippen LogP contribution in [-0.2, 0) is 6.54 Å². The fourth-order valence-electron chi connectivity index (χ4n) is 2.11. The Morgan fingerprint density at radius 3 is 2.93 bits per heavy atom. The van der Waals surface area contributed by atoms with E-state index >= 15 is 0 Å². The summed E-state index contributed by atoms with van der Waals surface area (Å²) in [6, 6.07) is 0. The van der Waals surface area contributed by atoms with Gasteiger partial charge in [0.15, 0.2) is 11.6 Å². The zero-order valence-corrected chi connectivity index (χ0v) is 8.44. The minimum absolute atomic E-state index is 0.000460. The molecule has 4 nitrogen and oxygen atoms in total. The van der Waals surface area contributed by atoms with Gasteiger partial charge in [0.2, 0.25) is 0 Å². The standard InChI is InChI=1S/C10H15N3O/c1-8(14)10-11-7-12-13(10)6-9-4-2-3-5-9/h7,9H,2-6H2,1H3. The smallest absolute Gasteiger partial charge is 0.196 e. The van der Waals surface area contributed by atoms with Crippen molar-refractivity contribution in [3.05, 3.63) is 12.2 Å². The second kappa shape index (κ2) is 3.90. The molecule has 1 aliphatic carbocycles. The van der Waals surface area contributed by atoms with E-state index in [2.05, 4.69) is 10.1 Å². The molecule has 2 rings (SSSR count). The van der Waals surface area contributed by atoms with Gasteiger partial charge in [0.05, 0.1) is 0 Å². The first-order valence-corrected chi connectivity index (χ1v) is 5.16. The maximum absolute atomic E-state index is 11.2. The third kappa shape index (κ3) is 1.84. The summed E-state index contributed by atoms with van der Waals surface area (Å²) >= 11 is 0. The van der Waals surface area contributed by atoms with Crippen LogP contribution >= 0.6 is 0 Å². The molecule has 1 saturated carbocycles. The summed E-state index contributed by atoms with van der Waals surface area (Å²) in [6.45, 7) is 2.39. The van der Waals surface area contributed by atoms with Crippen LogP contribution in [0.5, 0.6) is 0 Å². The Labute approximate surface area is 83.3 Å². The van der Waals surface area contributed by atoms with Gasteiger partial charge in [-0.25, -0.2) is 9.67 Å². The molecule has 0 unspecified atom stereocenters. The number of hydrogen-bond acceptors (Lipinski definition) is 3. The molecule has 4 heteroatoms. The van der Waals surface area contributed by atoms with Crippen LogP contribution in [0.15, 0.2) is 6.33 Å². The predicted molar refractivity (Wildman–Crippen MR) is 52.0 cm³/mol. The molecular formula is C10H15N3O. The lowest BCUT2D eigenvalue weighted by Crippen LogP contribution is -2.14. The third-order valence-corrected chi connectivity index (χ3v) is 2.84. The maximum Gasteiger partial charge on any atom is 0.196 e. The fourth-order valence-corrected chi connectivity index (χ4v) is 2.11. The summed E-state index contributed by atoms with van der Waals surface area (Å²) in [7, 11) is 0. The van der Waals surface area contributed by atoms with Crippen LogP contribution in [0.1, 0.15) is 43.2 Å². The SMILES string of the molecule is CC(=O)c1ncnn1CC1CCCC1. The van der Waals surface area contributed by atoms with E-state index < -0.39 is 0 Å². The van der Waals surface area contributed by atoms with Crippen LogP contribution < -0.4 is 0 Å². The normalized spacial score (nSPS) is 17.5. The first-order valence-electron chi connectivity index (χ1n) is 5.16. The molecule has 0 amide bonds. The Morgan fingerprint density at radius 1 is 1.57 bits per heavy atom. The molecule has 0 spiro atoms. The number of aromatic nitrogens is 3. The van der Waals surface area contributed by atoms with Gasteiger partial charge in [-0.3, -0.25) is 4.79 Å². The molecule has 0 saturated heterocycles. The molecule has 14 heavy (non-hydrogen) atoms. The van der Waals surface area contributed by atoms with Crippen molar-refractivity contribution in [2.75, 3.05) is 0 Å². The monoisotopic (exact) mass is 193 g/mol. The summed E-state index contributed by atoms with van der Waals surface area (Å²) in [5, 5.41) is 4.09. The minimum atomic E-state index is 0.000460. The molecule has 1 aliphatic rings. The predicted octanol–water partition coefficient (Wildman–Crippen LogP) is 1.67. The zero-order valence-electron chi connectivity index (χ0n) is 8.44. The number of nitrogens with zero attached hydrogens (tertiary/aromatic N) is 3. The van der Waals surface area contributed by atoms with Crippen LogP contribution in [0.3, 0.4) is 0 Å². The topological polar surface area (TPSA) is 47.8 Å². The van der Waals surface area contributed by atoms with Crippen molar-refractivity contribution < 1.29 is 4.79 Å². The zero-order chi connectivity index (χ0) is 9.97. The van der Waals surface area contributed by atoms with Gasteiger partial charge >= 0.3 is 0 Å². The van der Waals surface area contributed by atoms with Crippen LogP contribution in [-0.4, -0.2) is 20.5 Å². The number of rotatable bonds is 3. The van der Waals surface area contributed by atoms with E-state index in [4.69, 9.17) is 0 Å². The van der Waals surface area contributed by atoms with Gasteiger partial charge in [0.1, 0.15) is 6.33 Å². The van der Waals surface area contributed by atoms with Crippen LogP contribution in [0.4, 0.5) is 0 Å². The minimum Gasteiger partial charge on any atom is -0.291 e. The molecule has 0 bridgehead atoms. The molecule has 1 heterocycles. The molecule has 0 radical (unpaired) electrons. The molecule has 0 N–H and O–H groups in total. The second-order valence-electron chi connectivity index (χ2n) is 3.97. The Bertz CT molecular complexity index is 326. The fraction of sp³-hybridized carbons (Fsp3) is 0.700. The van der Waals surface area contributed by atoms with E-state index in [1.165, 1.54) is 38.9 Å². The lowest BCUT2D eigenvalue weighted by Gasteiger charge is -2.09. The number of ketones is 1. The average molecular weight is 193 g/mol. The molecule has 1 fully saturated rings. The molecule has 1 aromatic heterocycles. The highest BCUT2D eigenvalue weighted by molar-refractivity contribution is 5.90. The average Bonchev–Trinajstić information content (AvgIpc) is 2.75. The van der Waals surface area contributed by atoms with Crippen molar-refractivity contribution in [1.82, 2.24) is 14.8 Å². The lowest BCUT2D eigenvalue weighted by molar-refractivity contribution is 0.0996. The van der Waals surface area contributed by atoms with Crippen LogP contribution in [0.25, 0.3) is 0 Å². The van der Waals surface area contributed by atoms with Crippen molar-refractivity contribution in [2.45, 2.75) is 39.2 Å². The van der Waals surface area contributed by atoms with E-state index in [1.54, 1.807) is 4.68 Å². The number of carbonyl (C=O) groups is 1. The molecule has 0 aromatic carbocycles. The molecule has 0 atom stereocenters. The molecule has 0 aliphatic heterocycles. The molecule has 76 valence electrons. The van der Waals surface area contributed by atoms with Gasteiger partial charge in [0, 0.05) is 13.5 Å². The summed E-state index contributed by atoms with van der Waals surface area (Å²) in [4.78, 5) is 15.1. The van der Waals surface area contributed by atoms with Crippen molar-refractivity contribution in [3.63, 3.8) is 0 Å². The Morgan fingerprint density at radius 2 is 2.29 bits per heavy atom. The number of hydrogen-bond donors (Lipinski definition) is 0. The van der Waals surface area contributed by atoms with Gasteiger partial charge in [-0.2, -0.15) is 5.10 Å². The Hall–Kier alpha value is -1.19. The van der Waals surface area contributed by atoms with Crippen LogP contribution in [0.2, 0.25) is 0 Å². The first-order chi connectivity index (χ1) is 6.77. The van der Waals surface area contributed by atoms with Gasteiger partial charge in [-0.15, -0.1) is 0 Å². The summed E-state index contributed by atoms with van der Waals surface area (Å²) in [5.41, 5.74) is 0. The number of Topliss-reactive ketones (excluding diaryl/α,β-unsaturated/α-hetero) is 1. The van der Waals surface area contributed by atoms with E-state index in [1.807, 2.05) is 0 Å². The van der Waals surface area contributed by atoms with Gasteiger partial charge in [-0.1, -0.05) is 12.8 Å². The highest BCUT2D eigenvalue weighted by Gasteiger charge is 2.18. The highest BCUT2D eigenvalue weighted by Crippen LogP contribution is 2.26. The van der Waals surface area contributed by atoms with E-state index in [9.17, 15) is 4.79 Å². The maximum atomic E-state index is 11.2. The summed E-state index contributed by atoms with van der Waals surface area (Å²) < 4.78 is 1.75. The van der Waals surface area contributed by atoms with E-state index in [0.717, 1.165) is 6.54 Å². The van der Waals surface area contributed by atoms with Gasteiger partial charge in [0.25, 0.3) is 0 Å². The summed E-state index contributed by atoms with van der Waals surface area (Å²) in [5.74, 6) is 1.19. The largest absolute Gasteiger partial charge is 0.291 e. The van der Waals surface area contributed by atoms with Crippen molar-refractivity contribution in [2.24, 2.45) is 5.92 Å². The highest BCUT2D eigenvalue weighted by atomic mass is 16.1. The summed E-state index contributed by atoms with van der Waals surface area (Å²) in [6.07, 6.45) is 6.61. The quantitative estimate of drug-likeness (QED) is 0.686. The molecular weight excluding hydrogens is 178 g/mol. The van der Waals surface area contributed by atoms with Crippen molar-refractivity contribution in [1.29, 1.82) is 0 Å². The van der Waals surface area contributed by atoms with E-state index in [0.29, 0.717) is 11.7 Å². The van der Waals surface area contributed by atoms with E-state index in [-0.39, 0.29) is 5.78 Å². The lowest BCUT2D eigenvalue weighted by atomic mass is 10.1. The van der Waals surface area contributed by atoms with Gasteiger partial charge in [-0.05, 0) is 18.8 Å². The van der Waals surface area contributed by atoms with Crippen LogP contribution in [0, 0.1) is 5.92 Å². The first kappa shape index (κ1) is 9.37.